The maximum Gasteiger partial charge on any atom is 0.0312 e. The molecule has 66 valence electrons. The number of nitrogens with zero attached hydrogens (tertiary/aromatic N) is 1. The van der Waals surface area contributed by atoms with E-state index < -0.39 is 0 Å². The SMILES string of the molecule is C[C@H](CN)NCc1cccnc1. The van der Waals surface area contributed by atoms with E-state index in [9.17, 15) is 0 Å². The summed E-state index contributed by atoms with van der Waals surface area (Å²) in [6, 6.07) is 4.35. The molecule has 0 saturated carbocycles. The maximum atomic E-state index is 5.46. The first-order chi connectivity index (χ1) is 5.83. The Bertz CT molecular complexity index is 210. The predicted molar refractivity (Wildman–Crippen MR) is 49.6 cm³/mol. The second kappa shape index (κ2) is 4.85. The average molecular weight is 165 g/mol. The minimum Gasteiger partial charge on any atom is -0.329 e. The lowest BCUT2D eigenvalue weighted by Crippen LogP contribution is -2.32. The van der Waals surface area contributed by atoms with Gasteiger partial charge >= 0.3 is 0 Å². The summed E-state index contributed by atoms with van der Waals surface area (Å²) >= 11 is 0. The predicted octanol–water partition coefficient (Wildman–Crippen LogP) is 0.518. The second-order valence-corrected chi connectivity index (χ2v) is 2.88. The van der Waals surface area contributed by atoms with Crippen molar-refractivity contribution in [1.29, 1.82) is 0 Å². The Balaban J connectivity index is 2.33. The third-order valence-corrected chi connectivity index (χ3v) is 1.73. The smallest absolute Gasteiger partial charge is 0.0312 e. The monoisotopic (exact) mass is 165 g/mol. The highest BCUT2D eigenvalue weighted by Gasteiger charge is 1.96. The van der Waals surface area contributed by atoms with Crippen molar-refractivity contribution in [1.82, 2.24) is 10.3 Å². The summed E-state index contributed by atoms with van der Waals surface area (Å²) in [4.78, 5) is 4.02. The molecule has 1 atom stereocenters. The summed E-state index contributed by atoms with van der Waals surface area (Å²) in [5, 5.41) is 3.28. The van der Waals surface area contributed by atoms with E-state index in [-0.39, 0.29) is 0 Å². The van der Waals surface area contributed by atoms with E-state index in [0.717, 1.165) is 6.54 Å². The Kier molecular flexibility index (Phi) is 3.70. The Labute approximate surface area is 73.0 Å². The first kappa shape index (κ1) is 9.16. The van der Waals surface area contributed by atoms with Crippen LogP contribution in [0, 0.1) is 0 Å². The van der Waals surface area contributed by atoms with Crippen molar-refractivity contribution < 1.29 is 0 Å². The maximum absolute atomic E-state index is 5.46. The number of hydrogen-bond donors (Lipinski definition) is 2. The molecule has 0 radical (unpaired) electrons. The molecule has 0 aliphatic carbocycles. The first-order valence-corrected chi connectivity index (χ1v) is 4.15. The van der Waals surface area contributed by atoms with Gasteiger partial charge in [0.25, 0.3) is 0 Å². The number of nitrogens with two attached hydrogens (primary N) is 1. The fraction of sp³-hybridized carbons (Fsp3) is 0.444. The summed E-state index contributed by atoms with van der Waals surface area (Å²) < 4.78 is 0. The molecule has 3 N–H and O–H groups in total. The number of aromatic nitrogens is 1. The molecule has 0 aliphatic heterocycles. The Hall–Kier alpha value is -0.930. The van der Waals surface area contributed by atoms with E-state index in [1.807, 2.05) is 18.3 Å². The van der Waals surface area contributed by atoms with E-state index in [1.54, 1.807) is 6.20 Å². The lowest BCUT2D eigenvalue weighted by Gasteiger charge is -2.10. The second-order valence-electron chi connectivity index (χ2n) is 2.88. The molecule has 3 nitrogen and oxygen atoms in total. The molecule has 0 unspecified atom stereocenters. The van der Waals surface area contributed by atoms with E-state index in [1.165, 1.54) is 5.56 Å². The minimum atomic E-state index is 0.366. The van der Waals surface area contributed by atoms with Crippen LogP contribution in [0.4, 0.5) is 0 Å². The largest absolute Gasteiger partial charge is 0.329 e. The van der Waals surface area contributed by atoms with Crippen molar-refractivity contribution in [3.05, 3.63) is 30.1 Å². The normalized spacial score (nSPS) is 12.8. The van der Waals surface area contributed by atoms with E-state index in [0.29, 0.717) is 12.6 Å². The van der Waals surface area contributed by atoms with Gasteiger partial charge in [-0.3, -0.25) is 4.98 Å². The topological polar surface area (TPSA) is 50.9 Å². The number of nitrogens with one attached hydrogen (secondary N) is 1. The molecule has 1 heterocycles. The third kappa shape index (κ3) is 2.98. The van der Waals surface area contributed by atoms with E-state index in [2.05, 4.69) is 17.2 Å². The van der Waals surface area contributed by atoms with Gasteiger partial charge in [-0.25, -0.2) is 0 Å². The van der Waals surface area contributed by atoms with Gasteiger partial charge in [0.1, 0.15) is 0 Å². The van der Waals surface area contributed by atoms with Gasteiger partial charge < -0.3 is 11.1 Å². The highest BCUT2D eigenvalue weighted by atomic mass is 14.9. The summed E-state index contributed by atoms with van der Waals surface area (Å²) in [5.74, 6) is 0. The van der Waals surface area contributed by atoms with Crippen molar-refractivity contribution in [2.75, 3.05) is 6.54 Å². The molecular weight excluding hydrogens is 150 g/mol. The van der Waals surface area contributed by atoms with Crippen molar-refractivity contribution in [2.45, 2.75) is 19.5 Å². The standard InChI is InChI=1S/C9H15N3/c1-8(5-10)12-7-9-3-2-4-11-6-9/h2-4,6,8,12H,5,7,10H2,1H3/t8-/m1/s1. The Morgan fingerprint density at radius 2 is 2.50 bits per heavy atom. The van der Waals surface area contributed by atoms with Crippen LogP contribution in [0.15, 0.2) is 24.5 Å². The third-order valence-electron chi connectivity index (χ3n) is 1.73. The van der Waals surface area contributed by atoms with Gasteiger partial charge in [0.2, 0.25) is 0 Å². The zero-order chi connectivity index (χ0) is 8.81. The lowest BCUT2D eigenvalue weighted by molar-refractivity contribution is 0.556. The zero-order valence-electron chi connectivity index (χ0n) is 7.33. The van der Waals surface area contributed by atoms with Crippen LogP contribution < -0.4 is 11.1 Å². The van der Waals surface area contributed by atoms with Gasteiger partial charge in [0.15, 0.2) is 0 Å². The summed E-state index contributed by atoms with van der Waals surface area (Å²) in [6.45, 7) is 3.57. The molecular formula is C9H15N3. The highest BCUT2D eigenvalue weighted by Crippen LogP contribution is 1.94. The van der Waals surface area contributed by atoms with Crippen LogP contribution in [0.3, 0.4) is 0 Å². The number of rotatable bonds is 4. The average Bonchev–Trinajstić information content (AvgIpc) is 2.16. The molecule has 1 aromatic heterocycles. The molecule has 0 aromatic carbocycles. The van der Waals surface area contributed by atoms with Crippen molar-refractivity contribution >= 4 is 0 Å². The van der Waals surface area contributed by atoms with Crippen LogP contribution in [0.2, 0.25) is 0 Å². The summed E-state index contributed by atoms with van der Waals surface area (Å²) in [5.41, 5.74) is 6.65. The van der Waals surface area contributed by atoms with Gasteiger partial charge in [0, 0.05) is 31.5 Å². The quantitative estimate of drug-likeness (QED) is 0.683. The summed E-state index contributed by atoms with van der Waals surface area (Å²) in [6.07, 6.45) is 3.63. The lowest BCUT2D eigenvalue weighted by atomic mass is 10.2. The van der Waals surface area contributed by atoms with Gasteiger partial charge in [-0.2, -0.15) is 0 Å². The van der Waals surface area contributed by atoms with Crippen LogP contribution in [0.5, 0.6) is 0 Å². The summed E-state index contributed by atoms with van der Waals surface area (Å²) in [7, 11) is 0. The minimum absolute atomic E-state index is 0.366. The number of hydrogen-bond acceptors (Lipinski definition) is 3. The van der Waals surface area contributed by atoms with Crippen molar-refractivity contribution in [3.63, 3.8) is 0 Å². The highest BCUT2D eigenvalue weighted by molar-refractivity contribution is 5.07. The van der Waals surface area contributed by atoms with Gasteiger partial charge in [-0.15, -0.1) is 0 Å². The zero-order valence-corrected chi connectivity index (χ0v) is 7.33. The van der Waals surface area contributed by atoms with Gasteiger partial charge in [-0.05, 0) is 18.6 Å². The molecule has 12 heavy (non-hydrogen) atoms. The van der Waals surface area contributed by atoms with Crippen LogP contribution in [0.1, 0.15) is 12.5 Å². The molecule has 0 bridgehead atoms. The molecule has 0 aliphatic rings. The van der Waals surface area contributed by atoms with Crippen molar-refractivity contribution in [2.24, 2.45) is 5.73 Å². The molecule has 0 spiro atoms. The molecule has 1 aromatic rings. The Morgan fingerprint density at radius 1 is 1.67 bits per heavy atom. The van der Waals surface area contributed by atoms with Crippen LogP contribution >= 0.6 is 0 Å². The first-order valence-electron chi connectivity index (χ1n) is 4.15. The van der Waals surface area contributed by atoms with E-state index >= 15 is 0 Å². The van der Waals surface area contributed by atoms with E-state index in [4.69, 9.17) is 5.73 Å². The number of pyridine rings is 1. The van der Waals surface area contributed by atoms with Crippen LogP contribution in [-0.2, 0) is 6.54 Å². The Morgan fingerprint density at radius 3 is 3.08 bits per heavy atom. The van der Waals surface area contributed by atoms with Gasteiger partial charge in [0.05, 0.1) is 0 Å². The fourth-order valence-electron chi connectivity index (χ4n) is 0.878. The fourth-order valence-corrected chi connectivity index (χ4v) is 0.878. The van der Waals surface area contributed by atoms with Gasteiger partial charge in [-0.1, -0.05) is 6.07 Å². The molecule has 0 saturated heterocycles. The van der Waals surface area contributed by atoms with Crippen molar-refractivity contribution in [3.8, 4) is 0 Å². The molecule has 0 amide bonds. The molecule has 0 fully saturated rings. The molecule has 3 heteroatoms. The molecule has 1 rings (SSSR count). The van der Waals surface area contributed by atoms with Crippen LogP contribution in [-0.4, -0.2) is 17.6 Å². The van der Waals surface area contributed by atoms with Crippen LogP contribution in [0.25, 0.3) is 0 Å².